The molecule has 0 saturated carbocycles. The van der Waals surface area contributed by atoms with Crippen molar-refractivity contribution in [2.75, 3.05) is 18.1 Å². The molecule has 0 bridgehead atoms. The number of halogens is 3. The molecule has 1 amide bonds. The summed E-state index contributed by atoms with van der Waals surface area (Å²) in [5, 5.41) is 10.1. The lowest BCUT2D eigenvalue weighted by Crippen LogP contribution is -2.47. The molecule has 2 aliphatic heterocycles. The van der Waals surface area contributed by atoms with Crippen LogP contribution in [-0.2, 0) is 15.2 Å². The summed E-state index contributed by atoms with van der Waals surface area (Å²) >= 11 is 18.6. The SMILES string of the molecule is O=C(NN1CCCCC1)C1=NN(c2ccc(Cl)cc2Cl)C(c2ccc(Cl)cc2)C1.O=S(=O)(O)O. The topological polar surface area (TPSA) is 123 Å². The summed E-state index contributed by atoms with van der Waals surface area (Å²) in [6, 6.07) is 12.7. The molecule has 2 aromatic carbocycles. The normalized spacial score (nSPS) is 18.7. The summed E-state index contributed by atoms with van der Waals surface area (Å²) in [6.45, 7) is 1.73. The van der Waals surface area contributed by atoms with Gasteiger partial charge in [0.25, 0.3) is 5.91 Å². The summed E-state index contributed by atoms with van der Waals surface area (Å²) in [6.07, 6.45) is 3.86. The zero-order chi connectivity index (χ0) is 24.9. The fourth-order valence-electron chi connectivity index (χ4n) is 3.69. The van der Waals surface area contributed by atoms with E-state index in [-0.39, 0.29) is 11.9 Å². The molecule has 0 spiro atoms. The highest BCUT2D eigenvalue weighted by molar-refractivity contribution is 7.79. The number of nitrogens with zero attached hydrogens (tertiary/aromatic N) is 3. The van der Waals surface area contributed by atoms with Gasteiger partial charge < -0.3 is 0 Å². The summed E-state index contributed by atoms with van der Waals surface area (Å²) in [5.41, 5.74) is 5.18. The zero-order valence-corrected chi connectivity index (χ0v) is 20.9. The summed E-state index contributed by atoms with van der Waals surface area (Å²) in [7, 11) is -4.67. The van der Waals surface area contributed by atoms with Crippen LogP contribution in [-0.4, -0.2) is 47.2 Å². The van der Waals surface area contributed by atoms with Crippen LogP contribution in [0.15, 0.2) is 47.6 Å². The second-order valence-corrected chi connectivity index (χ2v) is 9.87. The van der Waals surface area contributed by atoms with E-state index in [2.05, 4.69) is 10.5 Å². The Kier molecular flexibility index (Phi) is 9.16. The third-order valence-electron chi connectivity index (χ3n) is 5.20. The fraction of sp³-hybridized carbons (Fsp3) is 0.333. The molecule has 2 aromatic rings. The van der Waals surface area contributed by atoms with Gasteiger partial charge in [0.15, 0.2) is 0 Å². The minimum Gasteiger partial charge on any atom is -0.284 e. The highest BCUT2D eigenvalue weighted by Gasteiger charge is 2.34. The van der Waals surface area contributed by atoms with E-state index in [0.29, 0.717) is 32.9 Å². The number of hydrogen-bond acceptors (Lipinski definition) is 6. The Morgan fingerprint density at radius 3 is 2.15 bits per heavy atom. The van der Waals surface area contributed by atoms with Gasteiger partial charge in [-0.25, -0.2) is 5.01 Å². The second-order valence-electron chi connectivity index (χ2n) is 7.69. The Morgan fingerprint density at radius 1 is 0.971 bits per heavy atom. The van der Waals surface area contributed by atoms with Gasteiger partial charge in [-0.2, -0.15) is 13.5 Å². The number of piperidine rings is 1. The minimum atomic E-state index is -4.67. The lowest BCUT2D eigenvalue weighted by molar-refractivity contribution is -0.119. The molecule has 9 nitrogen and oxygen atoms in total. The molecule has 0 aromatic heterocycles. The first-order valence-electron chi connectivity index (χ1n) is 10.3. The molecular formula is C21H23Cl3N4O5S. The molecule has 1 atom stereocenters. The maximum atomic E-state index is 12.9. The minimum absolute atomic E-state index is 0.159. The number of nitrogens with one attached hydrogen (secondary N) is 1. The number of anilines is 1. The van der Waals surface area contributed by atoms with Crippen molar-refractivity contribution < 1.29 is 22.3 Å². The molecule has 0 aliphatic carbocycles. The van der Waals surface area contributed by atoms with E-state index in [1.54, 1.807) is 17.1 Å². The number of hydrogen-bond donors (Lipinski definition) is 3. The molecule has 2 aliphatic rings. The summed E-state index contributed by atoms with van der Waals surface area (Å²) in [5.74, 6) is -0.168. The Morgan fingerprint density at radius 2 is 1.56 bits per heavy atom. The van der Waals surface area contributed by atoms with Crippen molar-refractivity contribution >= 4 is 62.5 Å². The van der Waals surface area contributed by atoms with Crippen molar-refractivity contribution in [2.45, 2.75) is 31.7 Å². The van der Waals surface area contributed by atoms with Crippen molar-refractivity contribution in [1.82, 2.24) is 10.4 Å². The molecule has 0 radical (unpaired) electrons. The van der Waals surface area contributed by atoms with Gasteiger partial charge in [0.05, 0.1) is 16.8 Å². The smallest absolute Gasteiger partial charge is 0.284 e. The van der Waals surface area contributed by atoms with Gasteiger partial charge >= 0.3 is 10.4 Å². The van der Waals surface area contributed by atoms with Crippen LogP contribution in [0.2, 0.25) is 15.1 Å². The van der Waals surface area contributed by atoms with Gasteiger partial charge in [-0.15, -0.1) is 0 Å². The first kappa shape index (κ1) is 26.7. The Balaban J connectivity index is 0.000000588. The Bertz CT molecular complexity index is 1150. The molecular weight excluding hydrogens is 527 g/mol. The molecule has 4 rings (SSSR count). The van der Waals surface area contributed by atoms with E-state index < -0.39 is 10.4 Å². The van der Waals surface area contributed by atoms with E-state index in [9.17, 15) is 4.79 Å². The van der Waals surface area contributed by atoms with Crippen LogP contribution in [0.4, 0.5) is 5.69 Å². The highest BCUT2D eigenvalue weighted by Crippen LogP contribution is 2.39. The van der Waals surface area contributed by atoms with Gasteiger partial charge in [0.1, 0.15) is 5.71 Å². The van der Waals surface area contributed by atoms with Crippen molar-refractivity contribution in [3.8, 4) is 0 Å². The van der Waals surface area contributed by atoms with E-state index >= 15 is 0 Å². The number of hydrazine groups is 1. The lowest BCUT2D eigenvalue weighted by atomic mass is 10.0. The number of hydrazone groups is 1. The van der Waals surface area contributed by atoms with Gasteiger partial charge in [-0.1, -0.05) is 53.4 Å². The average molecular weight is 550 g/mol. The molecule has 1 fully saturated rings. The predicted molar refractivity (Wildman–Crippen MR) is 133 cm³/mol. The maximum Gasteiger partial charge on any atom is 0.394 e. The van der Waals surface area contributed by atoms with Crippen molar-refractivity contribution in [1.29, 1.82) is 0 Å². The monoisotopic (exact) mass is 548 g/mol. The van der Waals surface area contributed by atoms with E-state index in [4.69, 9.17) is 52.3 Å². The number of carbonyl (C=O) groups excluding carboxylic acids is 1. The van der Waals surface area contributed by atoms with Crippen LogP contribution in [0.1, 0.15) is 37.3 Å². The third kappa shape index (κ3) is 7.81. The number of carbonyl (C=O) groups is 1. The Labute approximate surface area is 212 Å². The first-order chi connectivity index (χ1) is 16.0. The second kappa shape index (κ2) is 11.7. The highest BCUT2D eigenvalue weighted by atomic mass is 35.5. The van der Waals surface area contributed by atoms with Crippen LogP contribution >= 0.6 is 34.8 Å². The number of amides is 1. The third-order valence-corrected chi connectivity index (χ3v) is 5.99. The van der Waals surface area contributed by atoms with Crippen molar-refractivity contribution in [3.63, 3.8) is 0 Å². The largest absolute Gasteiger partial charge is 0.394 e. The zero-order valence-electron chi connectivity index (χ0n) is 17.9. The molecule has 184 valence electrons. The van der Waals surface area contributed by atoms with Crippen molar-refractivity contribution in [2.24, 2.45) is 5.10 Å². The van der Waals surface area contributed by atoms with Crippen molar-refractivity contribution in [3.05, 3.63) is 63.1 Å². The Hall–Kier alpha value is -1.92. The van der Waals surface area contributed by atoms with E-state index in [1.165, 1.54) is 6.42 Å². The van der Waals surface area contributed by atoms with Crippen LogP contribution in [0, 0.1) is 0 Å². The fourth-order valence-corrected chi connectivity index (χ4v) is 4.32. The van der Waals surface area contributed by atoms with Crippen LogP contribution in [0.5, 0.6) is 0 Å². The molecule has 13 heteroatoms. The molecule has 2 heterocycles. The summed E-state index contributed by atoms with van der Waals surface area (Å²) in [4.78, 5) is 12.9. The first-order valence-corrected chi connectivity index (χ1v) is 12.9. The standard InChI is InChI=1S/C21H21Cl3N4O.H2O4S/c22-15-6-4-14(5-7-15)20-13-18(21(29)26-27-10-2-1-3-11-27)25-28(20)19-9-8-16(23)12-17(19)24;1-5(2,3)4/h4-9,12,20H,1-3,10-11,13H2,(H,26,29);(H2,1,2,3,4). The maximum absolute atomic E-state index is 12.9. The summed E-state index contributed by atoms with van der Waals surface area (Å²) < 4.78 is 31.6. The van der Waals surface area contributed by atoms with Gasteiger partial charge in [-0.05, 0) is 48.7 Å². The number of benzene rings is 2. The number of rotatable bonds is 4. The van der Waals surface area contributed by atoms with Crippen LogP contribution < -0.4 is 10.4 Å². The van der Waals surface area contributed by atoms with Gasteiger partial charge in [0, 0.05) is 29.6 Å². The van der Waals surface area contributed by atoms with Crippen LogP contribution in [0.3, 0.4) is 0 Å². The van der Waals surface area contributed by atoms with Gasteiger partial charge in [-0.3, -0.25) is 24.3 Å². The van der Waals surface area contributed by atoms with E-state index in [0.717, 1.165) is 31.5 Å². The lowest BCUT2D eigenvalue weighted by Gasteiger charge is -2.26. The predicted octanol–water partition coefficient (Wildman–Crippen LogP) is 4.82. The van der Waals surface area contributed by atoms with E-state index in [1.807, 2.05) is 35.3 Å². The molecule has 34 heavy (non-hydrogen) atoms. The van der Waals surface area contributed by atoms with Gasteiger partial charge in [0.2, 0.25) is 0 Å². The quantitative estimate of drug-likeness (QED) is 0.467. The van der Waals surface area contributed by atoms with Crippen LogP contribution in [0.25, 0.3) is 0 Å². The molecule has 1 unspecified atom stereocenters. The molecule has 1 saturated heterocycles. The molecule has 3 N–H and O–H groups in total. The average Bonchev–Trinajstić information content (AvgIpc) is 3.19.